The third kappa shape index (κ3) is 3.08. The maximum atomic E-state index is 10.6. The van der Waals surface area contributed by atoms with E-state index in [0.717, 1.165) is 0 Å². The van der Waals surface area contributed by atoms with Crippen molar-refractivity contribution in [2.45, 2.75) is 13.8 Å². The van der Waals surface area contributed by atoms with E-state index in [1.165, 1.54) is 0 Å². The van der Waals surface area contributed by atoms with Gasteiger partial charge < -0.3 is 9.84 Å². The third-order valence-corrected chi connectivity index (χ3v) is 0.963. The van der Waals surface area contributed by atoms with E-state index in [9.17, 15) is 4.79 Å². The number of carbonyl (C=O) groups excluding carboxylic acids is 1. The molecule has 0 saturated carbocycles. The number of rotatable bonds is 3. The van der Waals surface area contributed by atoms with Crippen molar-refractivity contribution < 1.29 is 14.6 Å². The number of carbonyl (C=O) groups is 1. The average Bonchev–Trinajstić information content (AvgIpc) is 1.87. The number of hydrogen-bond donors (Lipinski definition) is 1. The van der Waals surface area contributed by atoms with E-state index < -0.39 is 0 Å². The van der Waals surface area contributed by atoms with Crippen molar-refractivity contribution in [3.63, 3.8) is 0 Å². The molecule has 0 fully saturated rings. The van der Waals surface area contributed by atoms with E-state index in [0.29, 0.717) is 6.61 Å². The SMILES string of the molecule is CCOC(=O)[C@@H](C)CO. The first-order chi connectivity index (χ1) is 4.22. The molecule has 0 aromatic carbocycles. The zero-order valence-electron chi connectivity index (χ0n) is 5.76. The summed E-state index contributed by atoms with van der Waals surface area (Å²) in [5.41, 5.74) is 0. The first-order valence-electron chi connectivity index (χ1n) is 2.99. The molecule has 0 bridgehead atoms. The van der Waals surface area contributed by atoms with Crippen molar-refractivity contribution in [3.05, 3.63) is 0 Å². The molecule has 3 heteroatoms. The van der Waals surface area contributed by atoms with Crippen molar-refractivity contribution >= 4 is 5.97 Å². The molecule has 0 heterocycles. The van der Waals surface area contributed by atoms with Crippen LogP contribution in [-0.4, -0.2) is 24.3 Å². The highest BCUT2D eigenvalue weighted by Crippen LogP contribution is 1.95. The summed E-state index contributed by atoms with van der Waals surface area (Å²) < 4.78 is 4.60. The van der Waals surface area contributed by atoms with Gasteiger partial charge in [-0.25, -0.2) is 0 Å². The monoisotopic (exact) mass is 132 g/mol. The van der Waals surface area contributed by atoms with Crippen molar-refractivity contribution in [2.75, 3.05) is 13.2 Å². The Morgan fingerprint density at radius 1 is 1.78 bits per heavy atom. The minimum atomic E-state index is -0.384. The fraction of sp³-hybridized carbons (Fsp3) is 0.833. The second-order valence-corrected chi connectivity index (χ2v) is 1.84. The van der Waals surface area contributed by atoms with Crippen LogP contribution >= 0.6 is 0 Å². The van der Waals surface area contributed by atoms with Crippen LogP contribution in [0.4, 0.5) is 0 Å². The van der Waals surface area contributed by atoms with Gasteiger partial charge in [0.05, 0.1) is 19.1 Å². The highest BCUT2D eigenvalue weighted by atomic mass is 16.5. The summed E-state index contributed by atoms with van der Waals surface area (Å²) >= 11 is 0. The van der Waals surface area contributed by atoms with Gasteiger partial charge in [0.2, 0.25) is 0 Å². The minimum absolute atomic E-state index is 0.140. The van der Waals surface area contributed by atoms with Crippen molar-refractivity contribution in [1.29, 1.82) is 0 Å². The molecule has 9 heavy (non-hydrogen) atoms. The van der Waals surface area contributed by atoms with Crippen molar-refractivity contribution in [3.8, 4) is 0 Å². The van der Waals surface area contributed by atoms with Gasteiger partial charge in [-0.15, -0.1) is 0 Å². The molecular formula is C6H12O3. The molecule has 0 aliphatic carbocycles. The summed E-state index contributed by atoms with van der Waals surface area (Å²) in [5, 5.41) is 8.43. The zero-order chi connectivity index (χ0) is 7.28. The molecule has 54 valence electrons. The van der Waals surface area contributed by atoms with Crippen molar-refractivity contribution in [2.24, 2.45) is 5.92 Å². The van der Waals surface area contributed by atoms with E-state index in [1.54, 1.807) is 13.8 Å². The molecule has 0 aromatic heterocycles. The van der Waals surface area contributed by atoms with Crippen LogP contribution in [-0.2, 0) is 9.53 Å². The molecule has 0 spiro atoms. The van der Waals surface area contributed by atoms with Crippen LogP contribution in [0.5, 0.6) is 0 Å². The zero-order valence-corrected chi connectivity index (χ0v) is 5.76. The van der Waals surface area contributed by atoms with E-state index >= 15 is 0 Å². The molecule has 0 aliphatic rings. The van der Waals surface area contributed by atoms with E-state index in [1.807, 2.05) is 0 Å². The van der Waals surface area contributed by atoms with Gasteiger partial charge in [0.25, 0.3) is 0 Å². The topological polar surface area (TPSA) is 46.5 Å². The van der Waals surface area contributed by atoms with E-state index in [4.69, 9.17) is 5.11 Å². The van der Waals surface area contributed by atoms with Crippen LogP contribution in [0.2, 0.25) is 0 Å². The molecule has 1 N–H and O–H groups in total. The average molecular weight is 132 g/mol. The first-order valence-corrected chi connectivity index (χ1v) is 2.99. The Kier molecular flexibility index (Phi) is 4.05. The summed E-state index contributed by atoms with van der Waals surface area (Å²) in [4.78, 5) is 10.6. The van der Waals surface area contributed by atoms with Gasteiger partial charge in [0, 0.05) is 0 Å². The molecule has 3 nitrogen and oxygen atoms in total. The Morgan fingerprint density at radius 3 is 2.67 bits per heavy atom. The quantitative estimate of drug-likeness (QED) is 0.557. The van der Waals surface area contributed by atoms with Gasteiger partial charge in [0.15, 0.2) is 0 Å². The number of aliphatic hydroxyl groups is 1. The van der Waals surface area contributed by atoms with Crippen LogP contribution in [0.25, 0.3) is 0 Å². The Labute approximate surface area is 54.6 Å². The van der Waals surface area contributed by atoms with Crippen LogP contribution < -0.4 is 0 Å². The summed E-state index contributed by atoms with van der Waals surface area (Å²) in [7, 11) is 0. The molecule has 0 rings (SSSR count). The second kappa shape index (κ2) is 4.32. The lowest BCUT2D eigenvalue weighted by Gasteiger charge is -2.05. The molecule has 0 aliphatic heterocycles. The van der Waals surface area contributed by atoms with Gasteiger partial charge in [-0.1, -0.05) is 0 Å². The summed E-state index contributed by atoms with van der Waals surface area (Å²) in [6.45, 7) is 3.60. The largest absolute Gasteiger partial charge is 0.466 e. The Bertz CT molecular complexity index is 90.3. The lowest BCUT2D eigenvalue weighted by atomic mass is 10.2. The predicted molar refractivity (Wildman–Crippen MR) is 32.9 cm³/mol. The number of esters is 1. The summed E-state index contributed by atoms with van der Waals surface area (Å²) in [6, 6.07) is 0. The fourth-order valence-electron chi connectivity index (χ4n) is 0.359. The normalized spacial score (nSPS) is 12.8. The Hall–Kier alpha value is -0.570. The summed E-state index contributed by atoms with van der Waals surface area (Å²) in [5.74, 6) is -0.718. The molecule has 0 saturated heterocycles. The van der Waals surface area contributed by atoms with Crippen molar-refractivity contribution in [1.82, 2.24) is 0 Å². The highest BCUT2D eigenvalue weighted by Gasteiger charge is 2.10. The van der Waals surface area contributed by atoms with Crippen LogP contribution in [0.1, 0.15) is 13.8 Å². The number of aliphatic hydroxyl groups excluding tert-OH is 1. The maximum absolute atomic E-state index is 10.6. The predicted octanol–water partition coefficient (Wildman–Crippen LogP) is 0.178. The van der Waals surface area contributed by atoms with Gasteiger partial charge in [-0.3, -0.25) is 4.79 Å². The van der Waals surface area contributed by atoms with Crippen LogP contribution in [0.3, 0.4) is 0 Å². The van der Waals surface area contributed by atoms with Crippen LogP contribution in [0, 0.1) is 5.92 Å². The molecule has 0 aromatic rings. The lowest BCUT2D eigenvalue weighted by Crippen LogP contribution is -2.17. The van der Waals surface area contributed by atoms with E-state index in [2.05, 4.69) is 4.74 Å². The maximum Gasteiger partial charge on any atom is 0.310 e. The molecule has 0 amide bonds. The van der Waals surface area contributed by atoms with Gasteiger partial charge in [-0.05, 0) is 13.8 Å². The standard InChI is InChI=1S/C6H12O3/c1-3-9-6(8)5(2)4-7/h5,7H,3-4H2,1-2H3/t5-/m0/s1. The van der Waals surface area contributed by atoms with Gasteiger partial charge in [0.1, 0.15) is 0 Å². The minimum Gasteiger partial charge on any atom is -0.466 e. The van der Waals surface area contributed by atoms with Gasteiger partial charge in [-0.2, -0.15) is 0 Å². The molecular weight excluding hydrogens is 120 g/mol. The first kappa shape index (κ1) is 8.43. The number of ether oxygens (including phenoxy) is 1. The number of hydrogen-bond acceptors (Lipinski definition) is 3. The highest BCUT2D eigenvalue weighted by molar-refractivity contribution is 5.71. The lowest BCUT2D eigenvalue weighted by molar-refractivity contribution is -0.148. The van der Waals surface area contributed by atoms with E-state index in [-0.39, 0.29) is 18.5 Å². The smallest absolute Gasteiger partial charge is 0.310 e. The Balaban J connectivity index is 3.46. The third-order valence-electron chi connectivity index (χ3n) is 0.963. The molecule has 0 unspecified atom stereocenters. The summed E-state index contributed by atoms with van der Waals surface area (Å²) in [6.07, 6.45) is 0. The molecule has 1 atom stereocenters. The van der Waals surface area contributed by atoms with Gasteiger partial charge >= 0.3 is 5.97 Å². The Morgan fingerprint density at radius 2 is 2.33 bits per heavy atom. The second-order valence-electron chi connectivity index (χ2n) is 1.84. The fourth-order valence-corrected chi connectivity index (χ4v) is 0.359. The van der Waals surface area contributed by atoms with Crippen LogP contribution in [0.15, 0.2) is 0 Å². The molecule has 0 radical (unpaired) electrons.